The second-order valence-electron chi connectivity index (χ2n) is 9.06. The molecular weight excluding hydrogens is 442 g/mol. The van der Waals surface area contributed by atoms with Gasteiger partial charge in [0, 0.05) is 27.8 Å². The largest absolute Gasteiger partial charge is 0.508 e. The van der Waals surface area contributed by atoms with Gasteiger partial charge in [-0.15, -0.1) is 11.3 Å². The van der Waals surface area contributed by atoms with Crippen molar-refractivity contribution >= 4 is 27.2 Å². The number of fused-ring (bicyclic) bond motifs is 1. The minimum atomic E-state index is 0.0134. The molecule has 0 saturated carbocycles. The van der Waals surface area contributed by atoms with Crippen LogP contribution in [0.1, 0.15) is 39.2 Å². The minimum Gasteiger partial charge on any atom is -0.508 e. The van der Waals surface area contributed by atoms with Crippen molar-refractivity contribution < 1.29 is 14.6 Å². The monoisotopic (exact) mass is 471 g/mol. The first-order valence-electron chi connectivity index (χ1n) is 11.8. The third kappa shape index (κ3) is 4.59. The van der Waals surface area contributed by atoms with Crippen LogP contribution in [-0.2, 0) is 0 Å². The smallest absolute Gasteiger partial charge is 0.203 e. The second-order valence-corrected chi connectivity index (χ2v) is 10.1. The summed E-state index contributed by atoms with van der Waals surface area (Å²) >= 11 is 1.43. The molecule has 0 aliphatic carbocycles. The van der Waals surface area contributed by atoms with E-state index < -0.39 is 0 Å². The topological polar surface area (TPSA) is 49.8 Å². The lowest BCUT2D eigenvalue weighted by Gasteiger charge is -2.30. The highest BCUT2D eigenvalue weighted by molar-refractivity contribution is 7.21. The SMILES string of the molecule is Cc1ccc(C(=O)c2sc3cc(O)ccc3c2-c2ccc(OCCCN3CCC3)cc2)c(C)c1. The van der Waals surface area contributed by atoms with Crippen LogP contribution >= 0.6 is 11.3 Å². The van der Waals surface area contributed by atoms with E-state index in [9.17, 15) is 9.90 Å². The number of carbonyl (C=O) groups is 1. The van der Waals surface area contributed by atoms with Crippen LogP contribution in [0, 0.1) is 13.8 Å². The molecule has 4 nitrogen and oxygen atoms in total. The number of hydrogen-bond acceptors (Lipinski definition) is 5. The molecule has 2 heterocycles. The van der Waals surface area contributed by atoms with E-state index in [4.69, 9.17) is 4.74 Å². The van der Waals surface area contributed by atoms with Gasteiger partial charge in [0.25, 0.3) is 0 Å². The number of benzene rings is 3. The summed E-state index contributed by atoms with van der Waals surface area (Å²) in [6.07, 6.45) is 2.34. The van der Waals surface area contributed by atoms with Crippen molar-refractivity contribution in [2.75, 3.05) is 26.2 Å². The fourth-order valence-electron chi connectivity index (χ4n) is 4.52. The molecule has 174 valence electrons. The molecule has 5 rings (SSSR count). The van der Waals surface area contributed by atoms with E-state index in [-0.39, 0.29) is 11.5 Å². The highest BCUT2D eigenvalue weighted by atomic mass is 32.1. The Bertz CT molecular complexity index is 1340. The van der Waals surface area contributed by atoms with E-state index in [0.717, 1.165) is 51.1 Å². The zero-order valence-electron chi connectivity index (χ0n) is 19.6. The third-order valence-corrected chi connectivity index (χ3v) is 7.64. The maximum Gasteiger partial charge on any atom is 0.203 e. The maximum absolute atomic E-state index is 13.7. The van der Waals surface area contributed by atoms with Crippen LogP contribution in [0.3, 0.4) is 0 Å². The van der Waals surface area contributed by atoms with E-state index in [0.29, 0.717) is 17.0 Å². The number of nitrogens with zero attached hydrogens (tertiary/aromatic N) is 1. The number of aryl methyl sites for hydroxylation is 2. The summed E-state index contributed by atoms with van der Waals surface area (Å²) in [5.41, 5.74) is 4.70. The second kappa shape index (κ2) is 9.61. The lowest BCUT2D eigenvalue weighted by molar-refractivity contribution is 0.104. The normalized spacial score (nSPS) is 13.7. The Balaban J connectivity index is 1.45. The number of carbonyl (C=O) groups excluding carboxylic acids is 1. The number of ketones is 1. The van der Waals surface area contributed by atoms with Crippen molar-refractivity contribution in [1.82, 2.24) is 4.90 Å². The zero-order chi connectivity index (χ0) is 23.7. The molecule has 1 saturated heterocycles. The van der Waals surface area contributed by atoms with E-state index in [2.05, 4.69) is 4.90 Å². The van der Waals surface area contributed by atoms with Crippen LogP contribution in [0.15, 0.2) is 60.7 Å². The summed E-state index contributed by atoms with van der Waals surface area (Å²) in [5, 5.41) is 11.0. The van der Waals surface area contributed by atoms with Crippen LogP contribution in [-0.4, -0.2) is 42.0 Å². The Morgan fingerprint density at radius 1 is 1.03 bits per heavy atom. The molecule has 1 aromatic heterocycles. The van der Waals surface area contributed by atoms with Gasteiger partial charge in [0.15, 0.2) is 0 Å². The van der Waals surface area contributed by atoms with Gasteiger partial charge in [0.05, 0.1) is 11.5 Å². The Morgan fingerprint density at radius 2 is 1.82 bits per heavy atom. The van der Waals surface area contributed by atoms with Crippen molar-refractivity contribution in [2.24, 2.45) is 0 Å². The molecule has 0 atom stereocenters. The average Bonchev–Trinajstić information content (AvgIpc) is 3.16. The average molecular weight is 472 g/mol. The molecule has 1 fully saturated rings. The van der Waals surface area contributed by atoms with E-state index in [1.165, 1.54) is 30.8 Å². The molecule has 0 spiro atoms. The number of rotatable bonds is 8. The first-order valence-corrected chi connectivity index (χ1v) is 12.6. The molecule has 34 heavy (non-hydrogen) atoms. The number of ether oxygens (including phenoxy) is 1. The zero-order valence-corrected chi connectivity index (χ0v) is 20.5. The lowest BCUT2D eigenvalue weighted by atomic mass is 9.95. The van der Waals surface area contributed by atoms with Gasteiger partial charge in [-0.1, -0.05) is 35.9 Å². The summed E-state index contributed by atoms with van der Waals surface area (Å²) in [7, 11) is 0. The summed E-state index contributed by atoms with van der Waals surface area (Å²) < 4.78 is 6.85. The Morgan fingerprint density at radius 3 is 2.53 bits per heavy atom. The quantitative estimate of drug-likeness (QED) is 0.232. The highest BCUT2D eigenvalue weighted by Gasteiger charge is 2.22. The van der Waals surface area contributed by atoms with Gasteiger partial charge >= 0.3 is 0 Å². The van der Waals surface area contributed by atoms with Gasteiger partial charge < -0.3 is 14.7 Å². The van der Waals surface area contributed by atoms with Crippen LogP contribution in [0.2, 0.25) is 0 Å². The van der Waals surface area contributed by atoms with Gasteiger partial charge in [-0.3, -0.25) is 4.79 Å². The van der Waals surface area contributed by atoms with E-state index in [1.807, 2.05) is 62.4 Å². The minimum absolute atomic E-state index is 0.0134. The summed E-state index contributed by atoms with van der Waals surface area (Å²) in [5.74, 6) is 1.05. The Hall–Kier alpha value is -3.15. The molecule has 1 aliphatic rings. The summed E-state index contributed by atoms with van der Waals surface area (Å²) in [6, 6.07) is 19.3. The maximum atomic E-state index is 13.7. The number of hydrogen-bond donors (Lipinski definition) is 1. The van der Waals surface area contributed by atoms with Gasteiger partial charge in [0.1, 0.15) is 11.5 Å². The predicted octanol–water partition coefficient (Wildman–Crippen LogP) is 6.60. The standard InChI is InChI=1S/C29H29NO3S/c1-19-5-11-24(20(2)17-19)28(32)29-27(25-12-8-22(31)18-26(25)34-29)21-6-9-23(10-7-21)33-16-4-15-30-13-3-14-30/h5-12,17-18,31H,3-4,13-16H2,1-2H3. The summed E-state index contributed by atoms with van der Waals surface area (Å²) in [6.45, 7) is 8.23. The van der Waals surface area contributed by atoms with Crippen molar-refractivity contribution in [3.8, 4) is 22.6 Å². The third-order valence-electron chi connectivity index (χ3n) is 6.49. The Kier molecular flexibility index (Phi) is 6.40. The first-order chi connectivity index (χ1) is 16.5. The van der Waals surface area contributed by atoms with Crippen molar-refractivity contribution in [2.45, 2.75) is 26.7 Å². The van der Waals surface area contributed by atoms with Gasteiger partial charge in [-0.25, -0.2) is 0 Å². The van der Waals surface area contributed by atoms with Crippen molar-refractivity contribution in [3.63, 3.8) is 0 Å². The first kappa shape index (κ1) is 22.6. The van der Waals surface area contributed by atoms with Crippen LogP contribution < -0.4 is 4.74 Å². The number of thiophene rings is 1. The molecule has 0 radical (unpaired) electrons. The lowest BCUT2D eigenvalue weighted by Crippen LogP contribution is -2.38. The van der Waals surface area contributed by atoms with Crippen LogP contribution in [0.4, 0.5) is 0 Å². The Labute approximate surface area is 204 Å². The molecule has 3 aromatic carbocycles. The van der Waals surface area contributed by atoms with Gasteiger partial charge in [-0.05, 0) is 81.2 Å². The van der Waals surface area contributed by atoms with Crippen LogP contribution in [0.25, 0.3) is 21.2 Å². The predicted molar refractivity (Wildman–Crippen MR) is 139 cm³/mol. The molecule has 1 aliphatic heterocycles. The molecule has 0 bridgehead atoms. The van der Waals surface area contributed by atoms with Crippen molar-refractivity contribution in [1.29, 1.82) is 0 Å². The van der Waals surface area contributed by atoms with Gasteiger partial charge in [0.2, 0.25) is 5.78 Å². The molecule has 1 N–H and O–H groups in total. The highest BCUT2D eigenvalue weighted by Crippen LogP contribution is 2.42. The molecule has 5 heteroatoms. The fourth-order valence-corrected chi connectivity index (χ4v) is 5.74. The molecular formula is C29H29NO3S. The molecule has 0 unspecified atom stereocenters. The number of likely N-dealkylation sites (tertiary alicyclic amines) is 1. The van der Waals surface area contributed by atoms with E-state index in [1.54, 1.807) is 12.1 Å². The van der Waals surface area contributed by atoms with E-state index >= 15 is 0 Å². The number of phenols is 1. The van der Waals surface area contributed by atoms with Crippen LogP contribution in [0.5, 0.6) is 11.5 Å². The molecule has 4 aromatic rings. The number of aromatic hydroxyl groups is 1. The van der Waals surface area contributed by atoms with Gasteiger partial charge in [-0.2, -0.15) is 0 Å². The number of phenolic OH excluding ortho intramolecular Hbond substituents is 1. The summed E-state index contributed by atoms with van der Waals surface area (Å²) in [4.78, 5) is 16.8. The van der Waals surface area contributed by atoms with Crippen molar-refractivity contribution in [3.05, 3.63) is 82.2 Å². The fraction of sp³-hybridized carbons (Fsp3) is 0.276. The molecule has 0 amide bonds.